The second kappa shape index (κ2) is 8.40. The first-order chi connectivity index (χ1) is 13.6. The number of fused-ring (bicyclic) bond motifs is 1. The molecule has 1 fully saturated rings. The summed E-state index contributed by atoms with van der Waals surface area (Å²) in [7, 11) is 2.02. The minimum Gasteiger partial charge on any atom is -0.486 e. The normalized spacial score (nSPS) is 17.5. The first-order valence-electron chi connectivity index (χ1n) is 9.49. The maximum atomic E-state index is 12.4. The number of nitrogens with one attached hydrogen (secondary N) is 1. The van der Waals surface area contributed by atoms with Gasteiger partial charge in [0, 0.05) is 24.7 Å². The number of amides is 1. The van der Waals surface area contributed by atoms with Gasteiger partial charge in [-0.15, -0.1) is 10.2 Å². The van der Waals surface area contributed by atoms with Gasteiger partial charge in [0.15, 0.2) is 16.7 Å². The van der Waals surface area contributed by atoms with Crippen molar-refractivity contribution in [1.29, 1.82) is 0 Å². The molecule has 1 N–H and O–H groups in total. The standard InChI is InChI=1S/C19H25N5O3S/c1-23-18(21-22-19(23)28-2)13-5-7-24(8-6-13)12-17(25)20-14-3-4-15-16(11-14)27-10-9-26-15/h3-4,11,13H,5-10,12H2,1-2H3,(H,20,25). The molecule has 150 valence electrons. The number of hydrogen-bond acceptors (Lipinski definition) is 7. The highest BCUT2D eigenvalue weighted by Gasteiger charge is 2.26. The van der Waals surface area contributed by atoms with E-state index < -0.39 is 0 Å². The van der Waals surface area contributed by atoms with Crippen LogP contribution in [0.1, 0.15) is 24.6 Å². The third-order valence-electron chi connectivity index (χ3n) is 5.20. The summed E-state index contributed by atoms with van der Waals surface area (Å²) in [4.78, 5) is 14.6. The predicted octanol–water partition coefficient (Wildman–Crippen LogP) is 2.13. The number of piperidine rings is 1. The summed E-state index contributed by atoms with van der Waals surface area (Å²) in [5, 5.41) is 12.5. The van der Waals surface area contributed by atoms with Gasteiger partial charge in [0.1, 0.15) is 19.0 Å². The lowest BCUT2D eigenvalue weighted by Crippen LogP contribution is -2.39. The molecule has 0 spiro atoms. The highest BCUT2D eigenvalue weighted by atomic mass is 32.2. The van der Waals surface area contributed by atoms with E-state index in [2.05, 4.69) is 25.0 Å². The Bertz CT molecular complexity index is 848. The first-order valence-corrected chi connectivity index (χ1v) is 10.7. The molecule has 2 aliphatic rings. The van der Waals surface area contributed by atoms with Crippen LogP contribution < -0.4 is 14.8 Å². The van der Waals surface area contributed by atoms with Crippen molar-refractivity contribution < 1.29 is 14.3 Å². The molecule has 8 nitrogen and oxygen atoms in total. The van der Waals surface area contributed by atoms with Crippen molar-refractivity contribution in [2.75, 3.05) is 44.4 Å². The summed E-state index contributed by atoms with van der Waals surface area (Å²) in [5.41, 5.74) is 0.729. The van der Waals surface area contributed by atoms with E-state index in [1.54, 1.807) is 11.8 Å². The van der Waals surface area contributed by atoms with Crippen molar-refractivity contribution >= 4 is 23.4 Å². The van der Waals surface area contributed by atoms with Crippen LogP contribution in [0.15, 0.2) is 23.4 Å². The van der Waals surface area contributed by atoms with Gasteiger partial charge >= 0.3 is 0 Å². The van der Waals surface area contributed by atoms with E-state index in [9.17, 15) is 4.79 Å². The molecule has 1 saturated heterocycles. The highest BCUT2D eigenvalue weighted by Crippen LogP contribution is 2.32. The highest BCUT2D eigenvalue weighted by molar-refractivity contribution is 7.98. The third kappa shape index (κ3) is 4.10. The number of aromatic nitrogens is 3. The SMILES string of the molecule is CSc1nnc(C2CCN(CC(=O)Nc3ccc4c(c3)OCCO4)CC2)n1C. The first kappa shape index (κ1) is 19.1. The molecule has 0 aliphatic carbocycles. The van der Waals surface area contributed by atoms with Crippen molar-refractivity contribution in [1.82, 2.24) is 19.7 Å². The number of likely N-dealkylation sites (tertiary alicyclic amines) is 1. The fourth-order valence-corrected chi connectivity index (χ4v) is 4.22. The van der Waals surface area contributed by atoms with Crippen LogP contribution in [0.25, 0.3) is 0 Å². The summed E-state index contributed by atoms with van der Waals surface area (Å²) in [6.07, 6.45) is 3.98. The summed E-state index contributed by atoms with van der Waals surface area (Å²) >= 11 is 1.61. The largest absolute Gasteiger partial charge is 0.486 e. The third-order valence-corrected chi connectivity index (χ3v) is 5.92. The summed E-state index contributed by atoms with van der Waals surface area (Å²) < 4.78 is 13.2. The van der Waals surface area contributed by atoms with Crippen LogP contribution >= 0.6 is 11.8 Å². The Morgan fingerprint density at radius 2 is 1.96 bits per heavy atom. The van der Waals surface area contributed by atoms with Gasteiger partial charge in [-0.3, -0.25) is 9.69 Å². The smallest absolute Gasteiger partial charge is 0.238 e. The number of nitrogens with zero attached hydrogens (tertiary/aromatic N) is 4. The monoisotopic (exact) mass is 403 g/mol. The molecule has 0 unspecified atom stereocenters. The molecule has 0 saturated carbocycles. The number of hydrogen-bond donors (Lipinski definition) is 1. The molecule has 9 heteroatoms. The van der Waals surface area contributed by atoms with Crippen LogP contribution in [0.2, 0.25) is 0 Å². The topological polar surface area (TPSA) is 81.5 Å². The Hall–Kier alpha value is -2.26. The van der Waals surface area contributed by atoms with Gasteiger partial charge in [0.25, 0.3) is 0 Å². The zero-order valence-corrected chi connectivity index (χ0v) is 17.0. The number of carbonyl (C=O) groups excluding carboxylic acids is 1. The molecule has 1 aromatic carbocycles. The van der Waals surface area contributed by atoms with Crippen LogP contribution in [0, 0.1) is 0 Å². The molecule has 1 aromatic heterocycles. The van der Waals surface area contributed by atoms with Crippen molar-refractivity contribution in [3.8, 4) is 11.5 Å². The number of ether oxygens (including phenoxy) is 2. The second-order valence-corrected chi connectivity index (χ2v) is 7.83. The molecule has 0 radical (unpaired) electrons. The molecule has 28 heavy (non-hydrogen) atoms. The van der Waals surface area contributed by atoms with Gasteiger partial charge in [-0.2, -0.15) is 0 Å². The Balaban J connectivity index is 1.28. The number of rotatable bonds is 5. The lowest BCUT2D eigenvalue weighted by atomic mass is 9.96. The van der Waals surface area contributed by atoms with Crippen LogP contribution in [-0.4, -0.2) is 64.7 Å². The van der Waals surface area contributed by atoms with Gasteiger partial charge in [0.2, 0.25) is 5.91 Å². The number of anilines is 1. The fourth-order valence-electron chi connectivity index (χ4n) is 3.73. The molecule has 4 rings (SSSR count). The zero-order chi connectivity index (χ0) is 19.5. The van der Waals surface area contributed by atoms with E-state index in [0.29, 0.717) is 31.4 Å². The molecule has 0 atom stereocenters. The van der Waals surface area contributed by atoms with Crippen molar-refractivity contribution in [2.24, 2.45) is 7.05 Å². The predicted molar refractivity (Wildman–Crippen MR) is 107 cm³/mol. The minimum atomic E-state index is -0.0153. The maximum Gasteiger partial charge on any atom is 0.238 e. The van der Waals surface area contributed by atoms with Gasteiger partial charge in [-0.05, 0) is 44.3 Å². The van der Waals surface area contributed by atoms with Crippen LogP contribution in [-0.2, 0) is 11.8 Å². The van der Waals surface area contributed by atoms with Gasteiger partial charge < -0.3 is 19.4 Å². The Kier molecular flexibility index (Phi) is 5.72. The van der Waals surface area contributed by atoms with Crippen LogP contribution in [0.5, 0.6) is 11.5 Å². The van der Waals surface area contributed by atoms with E-state index >= 15 is 0 Å². The maximum absolute atomic E-state index is 12.4. The van der Waals surface area contributed by atoms with Crippen molar-refractivity contribution in [3.05, 3.63) is 24.0 Å². The molecule has 1 amide bonds. The Morgan fingerprint density at radius 3 is 2.68 bits per heavy atom. The molecule has 2 aliphatic heterocycles. The molecule has 0 bridgehead atoms. The van der Waals surface area contributed by atoms with E-state index in [4.69, 9.17) is 9.47 Å². The number of thioether (sulfide) groups is 1. The molecular formula is C19H25N5O3S. The molecule has 2 aromatic rings. The van der Waals surface area contributed by atoms with E-state index in [1.807, 2.05) is 31.5 Å². The summed E-state index contributed by atoms with van der Waals surface area (Å²) in [6, 6.07) is 5.49. The Labute approximate surface area is 168 Å². The van der Waals surface area contributed by atoms with Crippen LogP contribution in [0.4, 0.5) is 5.69 Å². The lowest BCUT2D eigenvalue weighted by Gasteiger charge is -2.30. The number of carbonyl (C=O) groups is 1. The quantitative estimate of drug-likeness (QED) is 0.766. The average molecular weight is 404 g/mol. The summed E-state index contributed by atoms with van der Waals surface area (Å²) in [5.74, 6) is 2.83. The molecule has 3 heterocycles. The van der Waals surface area contributed by atoms with Gasteiger partial charge in [-0.25, -0.2) is 0 Å². The zero-order valence-electron chi connectivity index (χ0n) is 16.2. The summed E-state index contributed by atoms with van der Waals surface area (Å²) in [6.45, 7) is 3.22. The second-order valence-electron chi connectivity index (χ2n) is 7.06. The lowest BCUT2D eigenvalue weighted by molar-refractivity contribution is -0.117. The molecular weight excluding hydrogens is 378 g/mol. The van der Waals surface area contributed by atoms with E-state index in [1.165, 1.54) is 0 Å². The Morgan fingerprint density at radius 1 is 1.21 bits per heavy atom. The fraction of sp³-hybridized carbons (Fsp3) is 0.526. The van der Waals surface area contributed by atoms with Crippen LogP contribution in [0.3, 0.4) is 0 Å². The van der Waals surface area contributed by atoms with E-state index in [0.717, 1.165) is 48.3 Å². The average Bonchev–Trinajstić information content (AvgIpc) is 3.09. The van der Waals surface area contributed by atoms with Crippen molar-refractivity contribution in [2.45, 2.75) is 23.9 Å². The number of benzene rings is 1. The van der Waals surface area contributed by atoms with Crippen molar-refractivity contribution in [3.63, 3.8) is 0 Å². The van der Waals surface area contributed by atoms with Gasteiger partial charge in [0.05, 0.1) is 6.54 Å². The van der Waals surface area contributed by atoms with E-state index in [-0.39, 0.29) is 5.91 Å². The minimum absolute atomic E-state index is 0.0153. The van der Waals surface area contributed by atoms with Gasteiger partial charge in [-0.1, -0.05) is 11.8 Å².